The van der Waals surface area contributed by atoms with E-state index in [9.17, 15) is 0 Å². The molecule has 2 aromatic heterocycles. The second-order valence-electron chi connectivity index (χ2n) is 4.16. The fourth-order valence-electron chi connectivity index (χ4n) is 1.71. The minimum Gasteiger partial charge on any atom is -0.311 e. The maximum atomic E-state index is 5.98. The van der Waals surface area contributed by atoms with Crippen molar-refractivity contribution in [2.75, 3.05) is 6.54 Å². The van der Waals surface area contributed by atoms with Crippen LogP contribution in [0.3, 0.4) is 0 Å². The Morgan fingerprint density at radius 2 is 2.11 bits per heavy atom. The first-order valence-corrected chi connectivity index (χ1v) is 6.42. The van der Waals surface area contributed by atoms with Crippen LogP contribution in [-0.2, 0) is 13.1 Å². The summed E-state index contributed by atoms with van der Waals surface area (Å²) in [5.74, 6) is 0. The maximum absolute atomic E-state index is 5.98. The van der Waals surface area contributed by atoms with E-state index in [0.717, 1.165) is 30.2 Å². The Balaban J connectivity index is 2.09. The molecule has 0 saturated heterocycles. The van der Waals surface area contributed by atoms with Gasteiger partial charge in [0.15, 0.2) is 0 Å². The highest BCUT2D eigenvalue weighted by molar-refractivity contribution is 6.31. The molecule has 0 fully saturated rings. The van der Waals surface area contributed by atoms with Gasteiger partial charge in [0.1, 0.15) is 0 Å². The molecule has 0 aliphatic rings. The molecule has 0 radical (unpaired) electrons. The fourth-order valence-corrected chi connectivity index (χ4v) is 1.86. The van der Waals surface area contributed by atoms with Gasteiger partial charge in [-0.15, -0.1) is 0 Å². The first-order valence-electron chi connectivity index (χ1n) is 6.04. The van der Waals surface area contributed by atoms with Gasteiger partial charge in [0.05, 0.1) is 28.6 Å². The van der Waals surface area contributed by atoms with Crippen molar-refractivity contribution in [3.8, 4) is 0 Å². The molecule has 18 heavy (non-hydrogen) atoms. The summed E-state index contributed by atoms with van der Waals surface area (Å²) in [4.78, 5) is 4.58. The van der Waals surface area contributed by atoms with Crippen LogP contribution in [0.5, 0.6) is 0 Å². The van der Waals surface area contributed by atoms with Crippen LogP contribution in [0, 0.1) is 6.92 Å². The van der Waals surface area contributed by atoms with E-state index in [1.54, 1.807) is 0 Å². The third-order valence-electron chi connectivity index (χ3n) is 2.63. The molecule has 0 atom stereocenters. The van der Waals surface area contributed by atoms with Crippen molar-refractivity contribution in [3.05, 3.63) is 46.5 Å². The summed E-state index contributed by atoms with van der Waals surface area (Å²) in [6.45, 7) is 6.36. The van der Waals surface area contributed by atoms with Gasteiger partial charge in [-0.05, 0) is 25.6 Å². The molecule has 0 spiro atoms. The number of aromatic nitrogens is 3. The highest BCUT2D eigenvalue weighted by Crippen LogP contribution is 2.13. The van der Waals surface area contributed by atoms with Gasteiger partial charge < -0.3 is 5.32 Å². The van der Waals surface area contributed by atoms with Gasteiger partial charge in [0, 0.05) is 12.7 Å². The molecule has 0 bridgehead atoms. The van der Waals surface area contributed by atoms with Gasteiger partial charge in [-0.25, -0.2) is 0 Å². The number of hydrogen-bond donors (Lipinski definition) is 1. The van der Waals surface area contributed by atoms with Crippen molar-refractivity contribution in [3.63, 3.8) is 0 Å². The Bertz CT molecular complexity index is 502. The van der Waals surface area contributed by atoms with Crippen molar-refractivity contribution >= 4 is 11.6 Å². The molecular weight excluding hydrogens is 248 g/mol. The second kappa shape index (κ2) is 5.98. The lowest BCUT2D eigenvalue weighted by Crippen LogP contribution is -2.14. The van der Waals surface area contributed by atoms with E-state index in [1.807, 2.05) is 36.0 Å². The molecule has 2 rings (SSSR count). The van der Waals surface area contributed by atoms with Gasteiger partial charge in [0.2, 0.25) is 0 Å². The maximum Gasteiger partial charge on any atom is 0.0832 e. The standard InChI is InChI=1S/C13H17ClN4/c1-3-15-7-11-5-4-6-12(16-11)8-18-9-13(14)10(2)17-18/h4-6,9,15H,3,7-8H2,1-2H3. The third-order valence-corrected chi connectivity index (χ3v) is 3.00. The summed E-state index contributed by atoms with van der Waals surface area (Å²) in [6.07, 6.45) is 1.83. The third kappa shape index (κ3) is 3.31. The zero-order chi connectivity index (χ0) is 13.0. The first-order chi connectivity index (χ1) is 8.69. The zero-order valence-corrected chi connectivity index (χ0v) is 11.4. The highest BCUT2D eigenvalue weighted by atomic mass is 35.5. The quantitative estimate of drug-likeness (QED) is 0.902. The van der Waals surface area contributed by atoms with Crippen LogP contribution in [0.15, 0.2) is 24.4 Å². The lowest BCUT2D eigenvalue weighted by molar-refractivity contribution is 0.654. The van der Waals surface area contributed by atoms with E-state index in [2.05, 4.69) is 22.3 Å². The number of aryl methyl sites for hydroxylation is 1. The Hall–Kier alpha value is -1.39. The van der Waals surface area contributed by atoms with E-state index < -0.39 is 0 Å². The number of pyridine rings is 1. The molecule has 2 aromatic rings. The van der Waals surface area contributed by atoms with Gasteiger partial charge in [-0.2, -0.15) is 5.10 Å². The summed E-state index contributed by atoms with van der Waals surface area (Å²) in [5, 5.41) is 8.28. The molecule has 4 nitrogen and oxygen atoms in total. The smallest absolute Gasteiger partial charge is 0.0832 e. The zero-order valence-electron chi connectivity index (χ0n) is 10.7. The topological polar surface area (TPSA) is 42.7 Å². The molecule has 0 amide bonds. The monoisotopic (exact) mass is 264 g/mol. The molecular formula is C13H17ClN4. The minimum atomic E-state index is 0.646. The van der Waals surface area contributed by atoms with Crippen LogP contribution in [-0.4, -0.2) is 21.3 Å². The summed E-state index contributed by atoms with van der Waals surface area (Å²) in [6, 6.07) is 6.04. The molecule has 0 aromatic carbocycles. The Kier molecular flexibility index (Phi) is 4.33. The van der Waals surface area contributed by atoms with Crippen molar-refractivity contribution in [2.45, 2.75) is 26.9 Å². The van der Waals surface area contributed by atoms with Gasteiger partial charge in [-0.3, -0.25) is 9.67 Å². The first kappa shape index (κ1) is 13.1. The Morgan fingerprint density at radius 1 is 1.33 bits per heavy atom. The van der Waals surface area contributed by atoms with E-state index in [4.69, 9.17) is 11.6 Å². The molecule has 0 saturated carbocycles. The Labute approximate surface area is 112 Å². The average Bonchev–Trinajstić information content (AvgIpc) is 2.66. The lowest BCUT2D eigenvalue weighted by atomic mass is 10.3. The largest absolute Gasteiger partial charge is 0.311 e. The Morgan fingerprint density at radius 3 is 2.78 bits per heavy atom. The van der Waals surface area contributed by atoms with Crippen molar-refractivity contribution in [1.82, 2.24) is 20.1 Å². The molecule has 2 heterocycles. The van der Waals surface area contributed by atoms with E-state index in [0.29, 0.717) is 11.6 Å². The number of nitrogens with one attached hydrogen (secondary N) is 1. The van der Waals surface area contributed by atoms with Crippen LogP contribution in [0.1, 0.15) is 24.0 Å². The number of hydrogen-bond acceptors (Lipinski definition) is 3. The molecule has 0 aliphatic heterocycles. The average molecular weight is 265 g/mol. The summed E-state index contributed by atoms with van der Waals surface area (Å²) >= 11 is 5.98. The lowest BCUT2D eigenvalue weighted by Gasteiger charge is -2.05. The van der Waals surface area contributed by atoms with Crippen molar-refractivity contribution < 1.29 is 0 Å². The summed E-state index contributed by atoms with van der Waals surface area (Å²) < 4.78 is 1.82. The van der Waals surface area contributed by atoms with Gasteiger partial charge in [0.25, 0.3) is 0 Å². The van der Waals surface area contributed by atoms with Crippen LogP contribution in [0.2, 0.25) is 5.02 Å². The van der Waals surface area contributed by atoms with Gasteiger partial charge in [-0.1, -0.05) is 24.6 Å². The predicted molar refractivity (Wildman–Crippen MR) is 72.7 cm³/mol. The molecule has 1 N–H and O–H groups in total. The molecule has 96 valence electrons. The SMILES string of the molecule is CCNCc1cccc(Cn2cc(Cl)c(C)n2)n1. The number of rotatable bonds is 5. The van der Waals surface area contributed by atoms with Crippen LogP contribution >= 0.6 is 11.6 Å². The minimum absolute atomic E-state index is 0.646. The van der Waals surface area contributed by atoms with Gasteiger partial charge >= 0.3 is 0 Å². The van der Waals surface area contributed by atoms with Crippen molar-refractivity contribution in [1.29, 1.82) is 0 Å². The highest BCUT2D eigenvalue weighted by Gasteiger charge is 2.04. The normalized spacial score (nSPS) is 10.8. The fraction of sp³-hybridized carbons (Fsp3) is 0.385. The van der Waals surface area contributed by atoms with Crippen LogP contribution in [0.4, 0.5) is 0 Å². The van der Waals surface area contributed by atoms with Crippen LogP contribution < -0.4 is 5.32 Å². The van der Waals surface area contributed by atoms with E-state index >= 15 is 0 Å². The second-order valence-corrected chi connectivity index (χ2v) is 4.57. The number of halogens is 1. The predicted octanol–water partition coefficient (Wildman–Crippen LogP) is 2.40. The molecule has 0 aliphatic carbocycles. The van der Waals surface area contributed by atoms with Crippen LogP contribution in [0.25, 0.3) is 0 Å². The van der Waals surface area contributed by atoms with E-state index in [-0.39, 0.29) is 0 Å². The number of nitrogens with zero attached hydrogens (tertiary/aromatic N) is 3. The van der Waals surface area contributed by atoms with Crippen molar-refractivity contribution in [2.24, 2.45) is 0 Å². The molecule has 0 unspecified atom stereocenters. The summed E-state index contributed by atoms with van der Waals surface area (Å²) in [7, 11) is 0. The molecule has 5 heteroatoms. The summed E-state index contributed by atoms with van der Waals surface area (Å²) in [5.41, 5.74) is 2.88. The van der Waals surface area contributed by atoms with E-state index in [1.165, 1.54) is 0 Å².